The maximum absolute atomic E-state index is 6.06. The largest absolute Gasteiger partial charge is 0.497 e. The lowest BCUT2D eigenvalue weighted by Gasteiger charge is -2.17. The number of benzene rings is 3. The number of nitrogens with two attached hydrogens (primary N) is 1. The maximum atomic E-state index is 6.06. The van der Waals surface area contributed by atoms with Crippen molar-refractivity contribution in [3.63, 3.8) is 0 Å². The summed E-state index contributed by atoms with van der Waals surface area (Å²) in [6.07, 6.45) is 0.892. The van der Waals surface area contributed by atoms with Crippen molar-refractivity contribution >= 4 is 0 Å². The lowest BCUT2D eigenvalue weighted by Crippen LogP contribution is -2.15. The quantitative estimate of drug-likeness (QED) is 0.650. The topological polar surface area (TPSA) is 44.5 Å². The van der Waals surface area contributed by atoms with Gasteiger partial charge in [-0.3, -0.25) is 0 Å². The zero-order valence-electron chi connectivity index (χ0n) is 15.1. The van der Waals surface area contributed by atoms with Crippen LogP contribution in [0.2, 0.25) is 0 Å². The van der Waals surface area contributed by atoms with E-state index in [1.807, 2.05) is 42.5 Å². The standard InChI is InChI=1S/C23H25NO2/c1-25-22-12-10-18(11-13-22)14-21(16-24)20-8-5-9-23(15-20)26-17-19-6-3-2-4-7-19/h2-13,15,21H,14,16-17,24H2,1H3. The third kappa shape index (κ3) is 4.87. The van der Waals surface area contributed by atoms with E-state index in [4.69, 9.17) is 15.2 Å². The highest BCUT2D eigenvalue weighted by molar-refractivity contribution is 5.34. The summed E-state index contributed by atoms with van der Waals surface area (Å²) < 4.78 is 11.2. The number of methoxy groups -OCH3 is 1. The van der Waals surface area contributed by atoms with Crippen molar-refractivity contribution in [3.05, 3.63) is 95.6 Å². The van der Waals surface area contributed by atoms with Crippen LogP contribution in [0, 0.1) is 0 Å². The minimum atomic E-state index is 0.253. The van der Waals surface area contributed by atoms with Gasteiger partial charge in [0.05, 0.1) is 7.11 Å². The Balaban J connectivity index is 1.67. The first-order valence-electron chi connectivity index (χ1n) is 8.88. The molecule has 1 unspecified atom stereocenters. The molecule has 0 aromatic heterocycles. The molecular weight excluding hydrogens is 322 g/mol. The molecule has 0 fully saturated rings. The van der Waals surface area contributed by atoms with E-state index in [-0.39, 0.29) is 5.92 Å². The average Bonchev–Trinajstić information content (AvgIpc) is 2.72. The molecule has 3 nitrogen and oxygen atoms in total. The van der Waals surface area contributed by atoms with Gasteiger partial charge >= 0.3 is 0 Å². The SMILES string of the molecule is COc1ccc(CC(CN)c2cccc(OCc3ccccc3)c2)cc1. The average molecular weight is 347 g/mol. The van der Waals surface area contributed by atoms with E-state index in [9.17, 15) is 0 Å². The number of rotatable bonds is 8. The van der Waals surface area contributed by atoms with Crippen LogP contribution in [0.25, 0.3) is 0 Å². The predicted octanol–water partition coefficient (Wildman–Crippen LogP) is 4.56. The van der Waals surface area contributed by atoms with Gasteiger partial charge in [-0.1, -0.05) is 54.6 Å². The fraction of sp³-hybridized carbons (Fsp3) is 0.217. The van der Waals surface area contributed by atoms with Crippen molar-refractivity contribution in [2.24, 2.45) is 5.73 Å². The van der Waals surface area contributed by atoms with Crippen LogP contribution < -0.4 is 15.2 Å². The summed E-state index contributed by atoms with van der Waals surface area (Å²) in [6.45, 7) is 1.16. The van der Waals surface area contributed by atoms with Crippen molar-refractivity contribution in [1.29, 1.82) is 0 Å². The molecule has 0 radical (unpaired) electrons. The number of hydrogen-bond acceptors (Lipinski definition) is 3. The predicted molar refractivity (Wildman–Crippen MR) is 106 cm³/mol. The minimum absolute atomic E-state index is 0.253. The molecule has 0 bridgehead atoms. The summed E-state index contributed by atoms with van der Waals surface area (Å²) in [6, 6.07) is 26.6. The fourth-order valence-electron chi connectivity index (χ4n) is 2.98. The Morgan fingerprint density at radius 1 is 0.808 bits per heavy atom. The van der Waals surface area contributed by atoms with Gasteiger partial charge in [-0.2, -0.15) is 0 Å². The molecule has 0 aliphatic carbocycles. The van der Waals surface area contributed by atoms with Crippen LogP contribution in [0.4, 0.5) is 0 Å². The normalized spacial score (nSPS) is 11.8. The second kappa shape index (κ2) is 9.07. The molecule has 0 aliphatic heterocycles. The lowest BCUT2D eigenvalue weighted by molar-refractivity contribution is 0.305. The van der Waals surface area contributed by atoms with Crippen LogP contribution in [-0.4, -0.2) is 13.7 Å². The molecule has 134 valence electrons. The van der Waals surface area contributed by atoms with E-state index >= 15 is 0 Å². The molecule has 0 aliphatic rings. The molecule has 0 spiro atoms. The second-order valence-corrected chi connectivity index (χ2v) is 6.33. The number of ether oxygens (including phenoxy) is 2. The molecule has 3 rings (SSSR count). The summed E-state index contributed by atoms with van der Waals surface area (Å²) in [5.74, 6) is 2.00. The van der Waals surface area contributed by atoms with Gasteiger partial charge in [-0.05, 0) is 53.9 Å². The van der Waals surface area contributed by atoms with E-state index in [0.29, 0.717) is 13.2 Å². The van der Waals surface area contributed by atoms with E-state index < -0.39 is 0 Å². The molecule has 3 aromatic carbocycles. The highest BCUT2D eigenvalue weighted by Gasteiger charge is 2.12. The van der Waals surface area contributed by atoms with Crippen LogP contribution in [-0.2, 0) is 13.0 Å². The third-order valence-electron chi connectivity index (χ3n) is 4.50. The van der Waals surface area contributed by atoms with Gasteiger partial charge in [0.25, 0.3) is 0 Å². The zero-order chi connectivity index (χ0) is 18.2. The monoisotopic (exact) mass is 347 g/mol. The molecule has 0 saturated carbocycles. The first-order chi connectivity index (χ1) is 12.8. The number of hydrogen-bond donors (Lipinski definition) is 1. The molecule has 0 amide bonds. The first kappa shape index (κ1) is 18.0. The van der Waals surface area contributed by atoms with Crippen LogP contribution in [0.5, 0.6) is 11.5 Å². The Labute approximate surface area is 155 Å². The smallest absolute Gasteiger partial charge is 0.120 e. The fourth-order valence-corrected chi connectivity index (χ4v) is 2.98. The highest BCUT2D eigenvalue weighted by atomic mass is 16.5. The molecular formula is C23H25NO2. The molecule has 0 saturated heterocycles. The van der Waals surface area contributed by atoms with Crippen LogP contribution in [0.1, 0.15) is 22.6 Å². The van der Waals surface area contributed by atoms with Crippen LogP contribution >= 0.6 is 0 Å². The van der Waals surface area contributed by atoms with Gasteiger partial charge < -0.3 is 15.2 Å². The Kier molecular flexibility index (Phi) is 6.29. The molecule has 2 N–H and O–H groups in total. The van der Waals surface area contributed by atoms with E-state index in [1.165, 1.54) is 11.1 Å². The third-order valence-corrected chi connectivity index (χ3v) is 4.50. The van der Waals surface area contributed by atoms with Crippen LogP contribution in [0.3, 0.4) is 0 Å². The van der Waals surface area contributed by atoms with E-state index in [1.54, 1.807) is 7.11 Å². The molecule has 26 heavy (non-hydrogen) atoms. The van der Waals surface area contributed by atoms with Gasteiger partial charge in [-0.15, -0.1) is 0 Å². The van der Waals surface area contributed by atoms with Gasteiger partial charge in [0.15, 0.2) is 0 Å². The van der Waals surface area contributed by atoms with Crippen molar-refractivity contribution in [1.82, 2.24) is 0 Å². The maximum Gasteiger partial charge on any atom is 0.120 e. The van der Waals surface area contributed by atoms with E-state index in [2.05, 4.69) is 36.4 Å². The van der Waals surface area contributed by atoms with Crippen molar-refractivity contribution in [2.75, 3.05) is 13.7 Å². The summed E-state index contributed by atoms with van der Waals surface area (Å²) in [4.78, 5) is 0. The van der Waals surface area contributed by atoms with Crippen molar-refractivity contribution < 1.29 is 9.47 Å². The Bertz CT molecular complexity index is 800. The Morgan fingerprint density at radius 2 is 1.58 bits per heavy atom. The van der Waals surface area contributed by atoms with Crippen LogP contribution in [0.15, 0.2) is 78.9 Å². The summed E-state index contributed by atoms with van der Waals surface area (Å²) in [7, 11) is 1.68. The summed E-state index contributed by atoms with van der Waals surface area (Å²) in [5, 5.41) is 0. The first-order valence-corrected chi connectivity index (χ1v) is 8.88. The van der Waals surface area contributed by atoms with E-state index in [0.717, 1.165) is 23.5 Å². The minimum Gasteiger partial charge on any atom is -0.497 e. The second-order valence-electron chi connectivity index (χ2n) is 6.33. The zero-order valence-corrected chi connectivity index (χ0v) is 15.1. The summed E-state index contributed by atoms with van der Waals surface area (Å²) >= 11 is 0. The Hall–Kier alpha value is -2.78. The van der Waals surface area contributed by atoms with Crippen molar-refractivity contribution in [3.8, 4) is 11.5 Å². The molecule has 0 heterocycles. The molecule has 1 atom stereocenters. The van der Waals surface area contributed by atoms with Gasteiger partial charge in [0, 0.05) is 5.92 Å². The highest BCUT2D eigenvalue weighted by Crippen LogP contribution is 2.25. The van der Waals surface area contributed by atoms with Gasteiger partial charge in [0.1, 0.15) is 18.1 Å². The lowest BCUT2D eigenvalue weighted by atomic mass is 9.92. The van der Waals surface area contributed by atoms with Crippen molar-refractivity contribution in [2.45, 2.75) is 18.9 Å². The Morgan fingerprint density at radius 3 is 2.27 bits per heavy atom. The van der Waals surface area contributed by atoms with Gasteiger partial charge in [0.2, 0.25) is 0 Å². The summed E-state index contributed by atoms with van der Waals surface area (Å²) in [5.41, 5.74) is 9.67. The molecule has 3 heteroatoms. The van der Waals surface area contributed by atoms with Gasteiger partial charge in [-0.25, -0.2) is 0 Å². The molecule has 3 aromatic rings.